The van der Waals surface area contributed by atoms with Crippen LogP contribution in [0, 0.1) is 0 Å². The fourth-order valence-corrected chi connectivity index (χ4v) is 4.92. The second-order valence-electron chi connectivity index (χ2n) is 9.11. The second-order valence-corrected chi connectivity index (χ2v) is 9.11. The van der Waals surface area contributed by atoms with Crippen LogP contribution in [0.1, 0.15) is 63.9 Å². The van der Waals surface area contributed by atoms with Gasteiger partial charge in [0.25, 0.3) is 0 Å². The predicted octanol–water partition coefficient (Wildman–Crippen LogP) is 4.72. The third-order valence-electron chi connectivity index (χ3n) is 6.72. The van der Waals surface area contributed by atoms with Crippen LogP contribution >= 0.6 is 0 Å². The van der Waals surface area contributed by atoms with Crippen LogP contribution in [0.3, 0.4) is 0 Å². The van der Waals surface area contributed by atoms with E-state index in [9.17, 15) is 0 Å². The van der Waals surface area contributed by atoms with E-state index in [1.807, 2.05) is 0 Å². The van der Waals surface area contributed by atoms with Gasteiger partial charge in [0.2, 0.25) is 0 Å². The van der Waals surface area contributed by atoms with Crippen molar-refractivity contribution >= 4 is 0 Å². The lowest BCUT2D eigenvalue weighted by Crippen LogP contribution is -2.43. The van der Waals surface area contributed by atoms with Crippen LogP contribution in [0.25, 0.3) is 0 Å². The summed E-state index contributed by atoms with van der Waals surface area (Å²) >= 11 is 0. The Bertz CT molecular complexity index is 563. The summed E-state index contributed by atoms with van der Waals surface area (Å²) in [5.74, 6) is 1.01. The molecule has 2 saturated heterocycles. The molecule has 0 bridgehead atoms. The van der Waals surface area contributed by atoms with Crippen LogP contribution in [0.15, 0.2) is 24.3 Å². The molecule has 0 atom stereocenters. The van der Waals surface area contributed by atoms with Crippen LogP contribution in [0.4, 0.5) is 0 Å². The number of hydrogen-bond acceptors (Lipinski definition) is 4. The highest BCUT2D eigenvalue weighted by molar-refractivity contribution is 5.33. The van der Waals surface area contributed by atoms with Crippen molar-refractivity contribution in [3.63, 3.8) is 0 Å². The van der Waals surface area contributed by atoms with Crippen LogP contribution in [0.5, 0.6) is 5.75 Å². The Morgan fingerprint density at radius 3 is 2.45 bits per heavy atom. The summed E-state index contributed by atoms with van der Waals surface area (Å²) in [5, 5.41) is 0. The summed E-state index contributed by atoms with van der Waals surface area (Å²) in [4.78, 5) is 5.09. The molecule has 0 radical (unpaired) electrons. The minimum Gasteiger partial charge on any atom is -0.494 e. The molecule has 0 N–H and O–H groups in total. The van der Waals surface area contributed by atoms with E-state index in [2.05, 4.69) is 48.0 Å². The van der Waals surface area contributed by atoms with Crippen molar-refractivity contribution in [2.24, 2.45) is 0 Å². The Morgan fingerprint density at radius 1 is 1.03 bits per heavy atom. The highest BCUT2D eigenvalue weighted by atomic mass is 16.5. The topological polar surface area (TPSA) is 24.9 Å². The van der Waals surface area contributed by atoms with Gasteiger partial charge in [-0.3, -0.25) is 0 Å². The smallest absolute Gasteiger partial charge is 0.119 e. The maximum atomic E-state index is 6.03. The number of likely N-dealkylation sites (N-methyl/N-ethyl adjacent to an activating group) is 1. The molecule has 4 nitrogen and oxygen atoms in total. The molecule has 2 aliphatic rings. The van der Waals surface area contributed by atoms with Gasteiger partial charge in [0.15, 0.2) is 0 Å². The van der Waals surface area contributed by atoms with Gasteiger partial charge in [0, 0.05) is 31.7 Å². The predicted molar refractivity (Wildman–Crippen MR) is 121 cm³/mol. The number of unbranched alkanes of at least 4 members (excludes halogenated alkanes) is 2. The zero-order chi connectivity index (χ0) is 20.4. The average molecular weight is 403 g/mol. The molecule has 0 aromatic heterocycles. The molecule has 29 heavy (non-hydrogen) atoms. The summed E-state index contributed by atoms with van der Waals surface area (Å²) in [6.45, 7) is 10.9. The summed E-state index contributed by atoms with van der Waals surface area (Å²) in [6.07, 6.45) is 9.97. The summed E-state index contributed by atoms with van der Waals surface area (Å²) < 4.78 is 11.7. The van der Waals surface area contributed by atoms with Crippen LogP contribution in [-0.2, 0) is 10.2 Å². The number of rotatable bonds is 12. The molecule has 0 aliphatic carbocycles. The maximum absolute atomic E-state index is 6.03. The van der Waals surface area contributed by atoms with Gasteiger partial charge in [0.05, 0.1) is 6.61 Å². The van der Waals surface area contributed by atoms with E-state index in [1.54, 1.807) is 0 Å². The van der Waals surface area contributed by atoms with E-state index in [4.69, 9.17) is 9.47 Å². The van der Waals surface area contributed by atoms with E-state index in [0.717, 1.165) is 51.4 Å². The molecule has 0 unspecified atom stereocenters. The normalized spacial score (nSPS) is 19.7. The highest BCUT2D eigenvalue weighted by Gasteiger charge is 2.35. The van der Waals surface area contributed by atoms with Gasteiger partial charge in [-0.25, -0.2) is 0 Å². The van der Waals surface area contributed by atoms with Gasteiger partial charge < -0.3 is 19.3 Å². The second kappa shape index (κ2) is 11.9. The third-order valence-corrected chi connectivity index (χ3v) is 6.72. The molecule has 2 heterocycles. The standard InChI is InChI=1S/C25H42N2O2/c1-3-4-5-15-26(2)22-25(13-20-28-21-14-25)23-9-11-24(12-10-23)29-19-8-18-27-16-6-7-17-27/h9-12H,3-8,13-22H2,1-2H3. The average Bonchev–Trinajstić information content (AvgIpc) is 3.26. The lowest BCUT2D eigenvalue weighted by molar-refractivity contribution is 0.0371. The largest absolute Gasteiger partial charge is 0.494 e. The fraction of sp³-hybridized carbons (Fsp3) is 0.760. The first-order valence-electron chi connectivity index (χ1n) is 11.9. The zero-order valence-corrected chi connectivity index (χ0v) is 18.8. The number of hydrogen-bond donors (Lipinski definition) is 0. The number of nitrogens with zero attached hydrogens (tertiary/aromatic N) is 2. The summed E-state index contributed by atoms with van der Waals surface area (Å²) in [7, 11) is 2.28. The third kappa shape index (κ3) is 6.97. The summed E-state index contributed by atoms with van der Waals surface area (Å²) in [5.41, 5.74) is 1.67. The highest BCUT2D eigenvalue weighted by Crippen LogP contribution is 2.36. The van der Waals surface area contributed by atoms with Crippen molar-refractivity contribution in [3.05, 3.63) is 29.8 Å². The van der Waals surface area contributed by atoms with E-state index < -0.39 is 0 Å². The molecule has 4 heteroatoms. The van der Waals surface area contributed by atoms with Gasteiger partial charge in [-0.05, 0) is 82.9 Å². The van der Waals surface area contributed by atoms with Gasteiger partial charge >= 0.3 is 0 Å². The van der Waals surface area contributed by atoms with Crippen molar-refractivity contribution < 1.29 is 9.47 Å². The number of likely N-dealkylation sites (tertiary alicyclic amines) is 1. The molecule has 1 aromatic carbocycles. The van der Waals surface area contributed by atoms with Crippen molar-refractivity contribution in [1.29, 1.82) is 0 Å². The minimum absolute atomic E-state index is 0.216. The van der Waals surface area contributed by atoms with Gasteiger partial charge in [-0.2, -0.15) is 0 Å². The molecule has 0 spiro atoms. The SMILES string of the molecule is CCCCCN(C)CC1(c2ccc(OCCCN3CCCC3)cc2)CCOCC1. The van der Waals surface area contributed by atoms with E-state index in [1.165, 1.54) is 63.8 Å². The monoisotopic (exact) mass is 402 g/mol. The first kappa shape index (κ1) is 22.6. The molecule has 2 fully saturated rings. The van der Waals surface area contributed by atoms with E-state index in [0.29, 0.717) is 0 Å². The molecule has 0 saturated carbocycles. The van der Waals surface area contributed by atoms with Crippen LogP contribution < -0.4 is 4.74 Å². The number of benzene rings is 1. The Balaban J connectivity index is 1.52. The fourth-order valence-electron chi connectivity index (χ4n) is 4.92. The van der Waals surface area contributed by atoms with Crippen LogP contribution in [-0.4, -0.2) is 69.4 Å². The lowest BCUT2D eigenvalue weighted by atomic mass is 9.73. The Labute approximate surface area is 178 Å². The Hall–Kier alpha value is -1.10. The molecule has 0 amide bonds. The first-order chi connectivity index (χ1) is 14.2. The van der Waals surface area contributed by atoms with Crippen LogP contribution in [0.2, 0.25) is 0 Å². The Kier molecular flexibility index (Phi) is 9.29. The quantitative estimate of drug-likeness (QED) is 0.472. The van der Waals surface area contributed by atoms with Crippen molar-refractivity contribution in [2.75, 3.05) is 59.6 Å². The van der Waals surface area contributed by atoms with E-state index >= 15 is 0 Å². The molecule has 1 aromatic rings. The molecule has 3 rings (SSSR count). The van der Waals surface area contributed by atoms with Crippen molar-refractivity contribution in [1.82, 2.24) is 9.80 Å². The molecular formula is C25H42N2O2. The molecular weight excluding hydrogens is 360 g/mol. The van der Waals surface area contributed by atoms with Crippen molar-refractivity contribution in [2.45, 2.75) is 63.7 Å². The van der Waals surface area contributed by atoms with Gasteiger partial charge in [0.1, 0.15) is 5.75 Å². The zero-order valence-electron chi connectivity index (χ0n) is 18.8. The van der Waals surface area contributed by atoms with E-state index in [-0.39, 0.29) is 5.41 Å². The number of ether oxygens (including phenoxy) is 2. The molecule has 2 aliphatic heterocycles. The van der Waals surface area contributed by atoms with Gasteiger partial charge in [-0.1, -0.05) is 31.9 Å². The van der Waals surface area contributed by atoms with Gasteiger partial charge in [-0.15, -0.1) is 0 Å². The minimum atomic E-state index is 0.216. The first-order valence-corrected chi connectivity index (χ1v) is 11.9. The molecule has 164 valence electrons. The van der Waals surface area contributed by atoms with Crippen molar-refractivity contribution in [3.8, 4) is 5.75 Å². The summed E-state index contributed by atoms with van der Waals surface area (Å²) in [6, 6.07) is 8.97. The maximum Gasteiger partial charge on any atom is 0.119 e. The lowest BCUT2D eigenvalue weighted by Gasteiger charge is -2.40. The Morgan fingerprint density at radius 2 is 1.76 bits per heavy atom.